The molecule has 3 rings (SSSR count). The number of carbonyl (C=O) groups excluding carboxylic acids is 2. The standard InChI is InChI=1S/C19H22N4O2/c1-2-13-3-5-14(6-4-13)17-12-21-9-10-23(17)19(25)16-8-7-15(11-22-16)18(20)24/h3-8,11,17,21H,2,9-10,12H2,1H3,(H2,20,24). The second-order valence-electron chi connectivity index (χ2n) is 6.11. The lowest BCUT2D eigenvalue weighted by atomic mass is 10.0. The van der Waals surface area contributed by atoms with Crippen molar-refractivity contribution < 1.29 is 9.59 Å². The quantitative estimate of drug-likeness (QED) is 0.885. The maximum Gasteiger partial charge on any atom is 0.273 e. The molecular weight excluding hydrogens is 316 g/mol. The van der Waals surface area contributed by atoms with Crippen molar-refractivity contribution in [3.05, 3.63) is 65.0 Å². The molecule has 1 aromatic heterocycles. The molecule has 2 aromatic rings. The van der Waals surface area contributed by atoms with Crippen LogP contribution in [0.3, 0.4) is 0 Å². The number of primary amides is 1. The van der Waals surface area contributed by atoms with Crippen molar-refractivity contribution in [3.63, 3.8) is 0 Å². The van der Waals surface area contributed by atoms with Gasteiger partial charge in [-0.05, 0) is 29.7 Å². The topological polar surface area (TPSA) is 88.3 Å². The van der Waals surface area contributed by atoms with Gasteiger partial charge >= 0.3 is 0 Å². The summed E-state index contributed by atoms with van der Waals surface area (Å²) in [4.78, 5) is 30.0. The number of hydrogen-bond acceptors (Lipinski definition) is 4. The van der Waals surface area contributed by atoms with Crippen molar-refractivity contribution in [2.24, 2.45) is 5.73 Å². The summed E-state index contributed by atoms with van der Waals surface area (Å²) in [7, 11) is 0. The first-order valence-corrected chi connectivity index (χ1v) is 8.46. The lowest BCUT2D eigenvalue weighted by Crippen LogP contribution is -2.48. The molecule has 0 aliphatic carbocycles. The first-order valence-electron chi connectivity index (χ1n) is 8.46. The highest BCUT2D eigenvalue weighted by Gasteiger charge is 2.29. The minimum atomic E-state index is -0.553. The highest BCUT2D eigenvalue weighted by molar-refractivity contribution is 5.95. The number of nitrogens with two attached hydrogens (primary N) is 1. The molecule has 0 radical (unpaired) electrons. The van der Waals surface area contributed by atoms with E-state index < -0.39 is 5.91 Å². The van der Waals surface area contributed by atoms with E-state index in [4.69, 9.17) is 5.73 Å². The molecule has 6 heteroatoms. The summed E-state index contributed by atoms with van der Waals surface area (Å²) >= 11 is 0. The molecule has 2 amide bonds. The van der Waals surface area contributed by atoms with Crippen LogP contribution in [0.2, 0.25) is 0 Å². The SMILES string of the molecule is CCc1ccc(C2CNCCN2C(=O)c2ccc(C(N)=O)cn2)cc1. The number of hydrogen-bond donors (Lipinski definition) is 2. The molecule has 1 aromatic carbocycles. The molecule has 1 unspecified atom stereocenters. The molecule has 1 fully saturated rings. The number of piperazine rings is 1. The molecule has 1 aliphatic heterocycles. The number of pyridine rings is 1. The van der Waals surface area contributed by atoms with Gasteiger partial charge in [-0.2, -0.15) is 0 Å². The van der Waals surface area contributed by atoms with E-state index in [9.17, 15) is 9.59 Å². The lowest BCUT2D eigenvalue weighted by Gasteiger charge is -2.36. The molecule has 0 saturated carbocycles. The smallest absolute Gasteiger partial charge is 0.273 e. The van der Waals surface area contributed by atoms with Crippen LogP contribution in [-0.2, 0) is 6.42 Å². The second kappa shape index (κ2) is 7.44. The van der Waals surface area contributed by atoms with Gasteiger partial charge in [-0.1, -0.05) is 31.2 Å². The number of carbonyl (C=O) groups is 2. The van der Waals surface area contributed by atoms with E-state index in [1.807, 2.05) is 4.90 Å². The summed E-state index contributed by atoms with van der Waals surface area (Å²) in [5.74, 6) is -0.690. The number of aromatic nitrogens is 1. The monoisotopic (exact) mass is 338 g/mol. The van der Waals surface area contributed by atoms with Crippen LogP contribution >= 0.6 is 0 Å². The Morgan fingerprint density at radius 2 is 2.00 bits per heavy atom. The zero-order chi connectivity index (χ0) is 17.8. The van der Waals surface area contributed by atoms with Gasteiger partial charge in [-0.3, -0.25) is 14.6 Å². The van der Waals surface area contributed by atoms with Crippen molar-refractivity contribution in [1.82, 2.24) is 15.2 Å². The Kier molecular flexibility index (Phi) is 5.09. The normalized spacial score (nSPS) is 17.3. The van der Waals surface area contributed by atoms with Gasteiger partial charge in [-0.15, -0.1) is 0 Å². The molecule has 0 bridgehead atoms. The Balaban J connectivity index is 1.84. The van der Waals surface area contributed by atoms with Gasteiger partial charge in [0.05, 0.1) is 11.6 Å². The number of aryl methyl sites for hydroxylation is 1. The fourth-order valence-electron chi connectivity index (χ4n) is 3.03. The average molecular weight is 338 g/mol. The van der Waals surface area contributed by atoms with E-state index in [1.54, 1.807) is 6.07 Å². The number of amides is 2. The molecule has 130 valence electrons. The van der Waals surface area contributed by atoms with Crippen LogP contribution in [0.1, 0.15) is 44.9 Å². The molecule has 3 N–H and O–H groups in total. The van der Waals surface area contributed by atoms with Gasteiger partial charge in [0.1, 0.15) is 5.69 Å². The maximum atomic E-state index is 12.9. The van der Waals surface area contributed by atoms with Gasteiger partial charge in [0.25, 0.3) is 5.91 Å². The summed E-state index contributed by atoms with van der Waals surface area (Å²) < 4.78 is 0. The fourth-order valence-corrected chi connectivity index (χ4v) is 3.03. The molecule has 1 saturated heterocycles. The van der Waals surface area contributed by atoms with Crippen molar-refractivity contribution in [2.45, 2.75) is 19.4 Å². The Labute approximate surface area is 147 Å². The Morgan fingerprint density at radius 1 is 1.24 bits per heavy atom. The van der Waals surface area contributed by atoms with Crippen LogP contribution in [0.4, 0.5) is 0 Å². The van der Waals surface area contributed by atoms with E-state index in [-0.39, 0.29) is 11.9 Å². The number of nitrogens with one attached hydrogen (secondary N) is 1. The molecule has 1 aliphatic rings. The van der Waals surface area contributed by atoms with Crippen LogP contribution in [0, 0.1) is 0 Å². The number of nitrogens with zero attached hydrogens (tertiary/aromatic N) is 2. The van der Waals surface area contributed by atoms with Crippen molar-refractivity contribution in [3.8, 4) is 0 Å². The first kappa shape index (κ1) is 17.1. The van der Waals surface area contributed by atoms with Gasteiger partial charge < -0.3 is 16.0 Å². The van der Waals surface area contributed by atoms with Gasteiger partial charge in [0.15, 0.2) is 0 Å². The molecule has 25 heavy (non-hydrogen) atoms. The van der Waals surface area contributed by atoms with Gasteiger partial charge in [0.2, 0.25) is 5.91 Å². The lowest BCUT2D eigenvalue weighted by molar-refractivity contribution is 0.0628. The van der Waals surface area contributed by atoms with E-state index in [1.165, 1.54) is 17.8 Å². The third-order valence-corrected chi connectivity index (χ3v) is 4.54. The molecule has 2 heterocycles. The van der Waals surface area contributed by atoms with Crippen LogP contribution in [0.15, 0.2) is 42.6 Å². The summed E-state index contributed by atoms with van der Waals surface area (Å²) in [6.07, 6.45) is 2.34. The van der Waals surface area contributed by atoms with Gasteiger partial charge in [-0.25, -0.2) is 0 Å². The van der Waals surface area contributed by atoms with E-state index in [2.05, 4.69) is 41.5 Å². The minimum absolute atomic E-state index is 0.0372. The Hall–Kier alpha value is -2.73. The highest BCUT2D eigenvalue weighted by Crippen LogP contribution is 2.24. The van der Waals surface area contributed by atoms with Crippen molar-refractivity contribution in [2.75, 3.05) is 19.6 Å². The average Bonchev–Trinajstić information content (AvgIpc) is 2.67. The summed E-state index contributed by atoms with van der Waals surface area (Å²) in [6, 6.07) is 11.4. The van der Waals surface area contributed by atoms with Crippen LogP contribution in [0.25, 0.3) is 0 Å². The third kappa shape index (κ3) is 3.69. The van der Waals surface area contributed by atoms with E-state index in [0.717, 1.165) is 18.5 Å². The van der Waals surface area contributed by atoms with Crippen LogP contribution in [-0.4, -0.2) is 41.3 Å². The largest absolute Gasteiger partial charge is 0.366 e. The summed E-state index contributed by atoms with van der Waals surface area (Å²) in [6.45, 7) is 4.18. The van der Waals surface area contributed by atoms with Crippen LogP contribution < -0.4 is 11.1 Å². The van der Waals surface area contributed by atoms with Crippen molar-refractivity contribution >= 4 is 11.8 Å². The van der Waals surface area contributed by atoms with Crippen LogP contribution in [0.5, 0.6) is 0 Å². The predicted molar refractivity (Wildman–Crippen MR) is 95.2 cm³/mol. The molecule has 6 nitrogen and oxygen atoms in total. The van der Waals surface area contributed by atoms with E-state index in [0.29, 0.717) is 24.3 Å². The summed E-state index contributed by atoms with van der Waals surface area (Å²) in [5.41, 5.74) is 8.21. The van der Waals surface area contributed by atoms with Gasteiger partial charge in [0, 0.05) is 25.8 Å². The predicted octanol–water partition coefficient (Wildman–Crippen LogP) is 1.53. The maximum absolute atomic E-state index is 12.9. The van der Waals surface area contributed by atoms with Crippen molar-refractivity contribution in [1.29, 1.82) is 0 Å². The second-order valence-corrected chi connectivity index (χ2v) is 6.11. The molecular formula is C19H22N4O2. The number of benzene rings is 1. The highest BCUT2D eigenvalue weighted by atomic mass is 16.2. The Morgan fingerprint density at radius 3 is 2.60 bits per heavy atom. The fraction of sp³-hybridized carbons (Fsp3) is 0.316. The molecule has 1 atom stereocenters. The first-order chi connectivity index (χ1) is 12.1. The number of rotatable bonds is 4. The minimum Gasteiger partial charge on any atom is -0.366 e. The molecule has 0 spiro atoms. The zero-order valence-corrected chi connectivity index (χ0v) is 14.2. The summed E-state index contributed by atoms with van der Waals surface area (Å²) in [5, 5.41) is 3.35. The third-order valence-electron chi connectivity index (χ3n) is 4.54. The Bertz CT molecular complexity index is 756. The van der Waals surface area contributed by atoms with E-state index >= 15 is 0 Å². The zero-order valence-electron chi connectivity index (χ0n) is 14.2.